The SMILES string of the molecule is Cc1cc(C)n2nc(S[C@H](C)C(=O)[O-])nc2n1. The van der Waals surface area contributed by atoms with Gasteiger partial charge < -0.3 is 9.90 Å². The van der Waals surface area contributed by atoms with Gasteiger partial charge in [-0.3, -0.25) is 0 Å². The Hall–Kier alpha value is -1.63. The van der Waals surface area contributed by atoms with Gasteiger partial charge in [0.1, 0.15) is 0 Å². The molecule has 0 saturated carbocycles. The average molecular weight is 251 g/mol. The number of hydrogen-bond acceptors (Lipinski definition) is 6. The number of carbonyl (C=O) groups is 1. The molecule has 0 aliphatic heterocycles. The lowest BCUT2D eigenvalue weighted by molar-refractivity contribution is -0.304. The van der Waals surface area contributed by atoms with Crippen molar-refractivity contribution in [3.8, 4) is 0 Å². The fourth-order valence-corrected chi connectivity index (χ4v) is 2.08. The van der Waals surface area contributed by atoms with Crippen molar-refractivity contribution in [1.29, 1.82) is 0 Å². The standard InChI is InChI=1S/C10H12N4O2S/c1-5-4-6(2)14-9(11-5)12-10(13-14)17-7(3)8(15)16/h4,7H,1-3H3,(H,15,16)/p-1/t7-/m1/s1. The Morgan fingerprint density at radius 1 is 1.47 bits per heavy atom. The molecule has 1 atom stereocenters. The van der Waals surface area contributed by atoms with Crippen LogP contribution in [-0.4, -0.2) is 30.8 Å². The van der Waals surface area contributed by atoms with E-state index in [0.717, 1.165) is 23.1 Å². The maximum atomic E-state index is 10.6. The van der Waals surface area contributed by atoms with Crippen LogP contribution in [0.25, 0.3) is 5.78 Å². The molecule has 0 radical (unpaired) electrons. The summed E-state index contributed by atoms with van der Waals surface area (Å²) in [6.45, 7) is 5.31. The van der Waals surface area contributed by atoms with Crippen molar-refractivity contribution in [3.63, 3.8) is 0 Å². The highest BCUT2D eigenvalue weighted by molar-refractivity contribution is 8.00. The Kier molecular flexibility index (Phi) is 3.01. The molecule has 17 heavy (non-hydrogen) atoms. The minimum atomic E-state index is -1.13. The highest BCUT2D eigenvalue weighted by atomic mass is 32.2. The summed E-state index contributed by atoms with van der Waals surface area (Å²) in [5, 5.41) is 14.5. The molecule has 2 rings (SSSR count). The molecule has 0 N–H and O–H groups in total. The largest absolute Gasteiger partial charge is 0.549 e. The van der Waals surface area contributed by atoms with Gasteiger partial charge in [-0.2, -0.15) is 4.98 Å². The molecule has 0 fully saturated rings. The first kappa shape index (κ1) is 11.8. The molecule has 0 bridgehead atoms. The summed E-state index contributed by atoms with van der Waals surface area (Å²) in [6, 6.07) is 1.89. The Morgan fingerprint density at radius 2 is 2.18 bits per heavy atom. The number of fused-ring (bicyclic) bond motifs is 1. The number of rotatable bonds is 3. The zero-order valence-electron chi connectivity index (χ0n) is 9.67. The fourth-order valence-electron chi connectivity index (χ4n) is 1.40. The summed E-state index contributed by atoms with van der Waals surface area (Å²) in [5.41, 5.74) is 1.76. The third-order valence-corrected chi connectivity index (χ3v) is 3.14. The second-order valence-corrected chi connectivity index (χ2v) is 5.03. The van der Waals surface area contributed by atoms with Gasteiger partial charge in [0, 0.05) is 16.6 Å². The van der Waals surface area contributed by atoms with E-state index in [-0.39, 0.29) is 0 Å². The van der Waals surface area contributed by atoms with Gasteiger partial charge in [0.05, 0.1) is 5.97 Å². The van der Waals surface area contributed by atoms with E-state index in [1.807, 2.05) is 19.9 Å². The van der Waals surface area contributed by atoms with Gasteiger partial charge >= 0.3 is 0 Å². The summed E-state index contributed by atoms with van der Waals surface area (Å²) in [5.74, 6) is -0.648. The smallest absolute Gasteiger partial charge is 0.253 e. The van der Waals surface area contributed by atoms with E-state index in [0.29, 0.717) is 10.9 Å². The fraction of sp³-hybridized carbons (Fsp3) is 0.400. The van der Waals surface area contributed by atoms with Crippen molar-refractivity contribution in [3.05, 3.63) is 17.5 Å². The zero-order chi connectivity index (χ0) is 12.6. The molecule has 6 nitrogen and oxygen atoms in total. The Labute approximate surface area is 102 Å². The molecule has 0 spiro atoms. The van der Waals surface area contributed by atoms with Gasteiger partial charge in [0.2, 0.25) is 5.16 Å². The number of carbonyl (C=O) groups excluding carboxylic acids is 1. The Balaban J connectivity index is 2.38. The van der Waals surface area contributed by atoms with Crippen LogP contribution in [0.5, 0.6) is 0 Å². The molecule has 0 aliphatic carbocycles. The van der Waals surface area contributed by atoms with Gasteiger partial charge in [-0.1, -0.05) is 11.8 Å². The number of aliphatic carboxylic acids is 1. The lowest BCUT2D eigenvalue weighted by atomic mass is 10.4. The van der Waals surface area contributed by atoms with Crippen LogP contribution in [0.2, 0.25) is 0 Å². The Bertz CT molecular complexity index is 581. The van der Waals surface area contributed by atoms with E-state index < -0.39 is 11.2 Å². The molecule has 2 aromatic rings. The van der Waals surface area contributed by atoms with Crippen LogP contribution in [-0.2, 0) is 4.79 Å². The topological polar surface area (TPSA) is 83.2 Å². The molecule has 90 valence electrons. The first-order chi connectivity index (χ1) is 7.97. The van der Waals surface area contributed by atoms with Crippen molar-refractivity contribution >= 4 is 23.5 Å². The van der Waals surface area contributed by atoms with E-state index in [2.05, 4.69) is 15.1 Å². The molecule has 2 heterocycles. The second-order valence-electron chi connectivity index (χ2n) is 3.72. The first-order valence-corrected chi connectivity index (χ1v) is 5.94. The molecule has 0 aromatic carbocycles. The van der Waals surface area contributed by atoms with Crippen LogP contribution in [0, 0.1) is 13.8 Å². The summed E-state index contributed by atoms with van der Waals surface area (Å²) >= 11 is 1.05. The van der Waals surface area contributed by atoms with Crippen LogP contribution in [0.1, 0.15) is 18.3 Å². The summed E-state index contributed by atoms with van der Waals surface area (Å²) in [4.78, 5) is 19.0. The summed E-state index contributed by atoms with van der Waals surface area (Å²) < 4.78 is 1.59. The van der Waals surface area contributed by atoms with Crippen LogP contribution >= 0.6 is 11.8 Å². The molecule has 0 saturated heterocycles. The molecule has 0 unspecified atom stereocenters. The van der Waals surface area contributed by atoms with E-state index in [9.17, 15) is 9.90 Å². The molecule has 7 heteroatoms. The summed E-state index contributed by atoms with van der Waals surface area (Å²) in [6.07, 6.45) is 0. The van der Waals surface area contributed by atoms with Crippen molar-refractivity contribution < 1.29 is 9.90 Å². The van der Waals surface area contributed by atoms with Gasteiger partial charge in [-0.25, -0.2) is 9.50 Å². The second kappa shape index (κ2) is 4.33. The maximum Gasteiger partial charge on any atom is 0.253 e. The number of nitrogens with zero attached hydrogens (tertiary/aromatic N) is 4. The number of carboxylic acids is 1. The molecule has 0 amide bonds. The van der Waals surface area contributed by atoms with Crippen LogP contribution < -0.4 is 5.11 Å². The highest BCUT2D eigenvalue weighted by Gasteiger charge is 2.12. The van der Waals surface area contributed by atoms with E-state index in [4.69, 9.17) is 0 Å². The van der Waals surface area contributed by atoms with Gasteiger partial charge in [-0.05, 0) is 26.8 Å². The van der Waals surface area contributed by atoms with E-state index in [1.165, 1.54) is 6.92 Å². The number of aromatic nitrogens is 4. The van der Waals surface area contributed by atoms with Crippen molar-refractivity contribution in [2.75, 3.05) is 0 Å². The van der Waals surface area contributed by atoms with Crippen LogP contribution in [0.4, 0.5) is 0 Å². The third-order valence-electron chi connectivity index (χ3n) is 2.21. The minimum Gasteiger partial charge on any atom is -0.549 e. The number of thioether (sulfide) groups is 1. The highest BCUT2D eigenvalue weighted by Crippen LogP contribution is 2.19. The van der Waals surface area contributed by atoms with Crippen LogP contribution in [0.15, 0.2) is 11.2 Å². The normalized spacial score (nSPS) is 12.9. The lowest BCUT2D eigenvalue weighted by Gasteiger charge is -2.07. The first-order valence-electron chi connectivity index (χ1n) is 5.06. The van der Waals surface area contributed by atoms with Gasteiger partial charge in [0.25, 0.3) is 5.78 Å². The third kappa shape index (κ3) is 2.38. The number of aryl methyl sites for hydroxylation is 2. The monoisotopic (exact) mass is 251 g/mol. The molecular formula is C10H11N4O2S-. The van der Waals surface area contributed by atoms with E-state index >= 15 is 0 Å². The predicted octanol–water partition coefficient (Wildman–Crippen LogP) is -0.0284. The van der Waals surface area contributed by atoms with Gasteiger partial charge in [-0.15, -0.1) is 5.10 Å². The minimum absolute atomic E-state index is 0.392. The quantitative estimate of drug-likeness (QED) is 0.712. The zero-order valence-corrected chi connectivity index (χ0v) is 10.5. The van der Waals surface area contributed by atoms with E-state index in [1.54, 1.807) is 4.52 Å². The van der Waals surface area contributed by atoms with Crippen molar-refractivity contribution in [2.24, 2.45) is 0 Å². The maximum absolute atomic E-state index is 10.6. The van der Waals surface area contributed by atoms with Crippen molar-refractivity contribution in [1.82, 2.24) is 19.6 Å². The molecule has 0 aliphatic rings. The predicted molar refractivity (Wildman–Crippen MR) is 60.6 cm³/mol. The molecule has 2 aromatic heterocycles. The number of carboxylic acid groups (broad SMARTS) is 1. The summed E-state index contributed by atoms with van der Waals surface area (Å²) in [7, 11) is 0. The number of hydrogen-bond donors (Lipinski definition) is 0. The van der Waals surface area contributed by atoms with Gasteiger partial charge in [0.15, 0.2) is 0 Å². The van der Waals surface area contributed by atoms with Crippen molar-refractivity contribution in [2.45, 2.75) is 31.2 Å². The lowest BCUT2D eigenvalue weighted by Crippen LogP contribution is -2.31. The molecular weight excluding hydrogens is 240 g/mol. The average Bonchev–Trinajstić information content (AvgIpc) is 2.60. The van der Waals surface area contributed by atoms with Crippen LogP contribution in [0.3, 0.4) is 0 Å². The Morgan fingerprint density at radius 3 is 2.82 bits per heavy atom.